The fourth-order valence-electron chi connectivity index (χ4n) is 1.97. The van der Waals surface area contributed by atoms with Gasteiger partial charge >= 0.3 is 5.97 Å². The monoisotopic (exact) mass is 371 g/mol. The van der Waals surface area contributed by atoms with Crippen LogP contribution >= 0.6 is 0 Å². The summed E-state index contributed by atoms with van der Waals surface area (Å²) in [5, 5.41) is 7.27. The molecule has 25 heavy (non-hydrogen) atoms. The lowest BCUT2D eigenvalue weighted by Crippen LogP contribution is -2.45. The van der Waals surface area contributed by atoms with Gasteiger partial charge in [0.25, 0.3) is 5.89 Å². The Hall–Kier alpha value is -2.33. The summed E-state index contributed by atoms with van der Waals surface area (Å²) in [7, 11) is -4.24. The van der Waals surface area contributed by atoms with Gasteiger partial charge in [-0.1, -0.05) is 26.0 Å². The van der Waals surface area contributed by atoms with E-state index in [4.69, 9.17) is 9.15 Å². The zero-order valence-corrected chi connectivity index (χ0v) is 14.7. The maximum absolute atomic E-state index is 13.7. The van der Waals surface area contributed by atoms with Gasteiger partial charge in [0.15, 0.2) is 6.61 Å². The van der Waals surface area contributed by atoms with Gasteiger partial charge in [-0.2, -0.15) is 4.72 Å². The molecular formula is C15H18FN3O5S. The van der Waals surface area contributed by atoms with Crippen molar-refractivity contribution in [3.63, 3.8) is 0 Å². The summed E-state index contributed by atoms with van der Waals surface area (Å²) in [5.41, 5.74) is 0. The van der Waals surface area contributed by atoms with Gasteiger partial charge in [-0.05, 0) is 18.1 Å². The molecule has 136 valence electrons. The average Bonchev–Trinajstić information content (AvgIpc) is 2.96. The van der Waals surface area contributed by atoms with Crippen molar-refractivity contribution < 1.29 is 26.8 Å². The minimum absolute atomic E-state index is 0.0883. The third-order valence-electron chi connectivity index (χ3n) is 3.23. The maximum Gasteiger partial charge on any atom is 0.324 e. The van der Waals surface area contributed by atoms with Crippen LogP contribution in [-0.2, 0) is 26.2 Å². The molecule has 0 saturated carbocycles. The lowest BCUT2D eigenvalue weighted by molar-refractivity contribution is -0.148. The first-order chi connectivity index (χ1) is 11.7. The number of halogens is 1. The van der Waals surface area contributed by atoms with Crippen molar-refractivity contribution in [2.24, 2.45) is 5.92 Å². The van der Waals surface area contributed by atoms with E-state index < -0.39 is 38.7 Å². The van der Waals surface area contributed by atoms with Crippen molar-refractivity contribution in [1.82, 2.24) is 14.9 Å². The van der Waals surface area contributed by atoms with Gasteiger partial charge < -0.3 is 9.15 Å². The molecule has 1 N–H and O–H groups in total. The van der Waals surface area contributed by atoms with E-state index in [2.05, 4.69) is 14.9 Å². The van der Waals surface area contributed by atoms with Gasteiger partial charge in [0.2, 0.25) is 15.9 Å². The van der Waals surface area contributed by atoms with Crippen molar-refractivity contribution >= 4 is 16.0 Å². The van der Waals surface area contributed by atoms with Crippen LogP contribution in [-0.4, -0.2) is 30.6 Å². The molecule has 0 radical (unpaired) electrons. The van der Waals surface area contributed by atoms with Crippen LogP contribution in [0.15, 0.2) is 33.6 Å². The van der Waals surface area contributed by atoms with E-state index in [1.165, 1.54) is 12.1 Å². The Balaban J connectivity index is 2.12. The first kappa shape index (κ1) is 19.0. The summed E-state index contributed by atoms with van der Waals surface area (Å²) in [5.74, 6) is -1.77. The van der Waals surface area contributed by atoms with Crippen LogP contribution in [0.2, 0.25) is 0 Å². The summed E-state index contributed by atoms with van der Waals surface area (Å²) in [6.45, 7) is 4.56. The first-order valence-electron chi connectivity index (χ1n) is 7.43. The zero-order chi connectivity index (χ0) is 18.6. The van der Waals surface area contributed by atoms with Crippen LogP contribution in [0.4, 0.5) is 4.39 Å². The molecule has 2 rings (SSSR count). The SMILES string of the molecule is Cc1nnc(COC(=O)C(NS(=O)(=O)c2ccccc2F)C(C)C)o1. The highest BCUT2D eigenvalue weighted by Crippen LogP contribution is 2.16. The Bertz CT molecular complexity index is 850. The van der Waals surface area contributed by atoms with E-state index >= 15 is 0 Å². The number of sulfonamides is 1. The van der Waals surface area contributed by atoms with Crippen LogP contribution in [0.5, 0.6) is 0 Å². The van der Waals surface area contributed by atoms with Crippen LogP contribution < -0.4 is 4.72 Å². The molecule has 0 spiro atoms. The van der Waals surface area contributed by atoms with E-state index in [-0.39, 0.29) is 12.5 Å². The molecule has 8 nitrogen and oxygen atoms in total. The predicted octanol–water partition coefficient (Wildman–Crippen LogP) is 1.56. The topological polar surface area (TPSA) is 111 Å². The molecule has 1 unspecified atom stereocenters. The van der Waals surface area contributed by atoms with Crippen molar-refractivity contribution in [2.75, 3.05) is 0 Å². The Morgan fingerprint density at radius 3 is 2.56 bits per heavy atom. The molecule has 0 aliphatic heterocycles. The average molecular weight is 371 g/mol. The van der Waals surface area contributed by atoms with E-state index in [0.29, 0.717) is 5.89 Å². The van der Waals surface area contributed by atoms with Gasteiger partial charge in [0.1, 0.15) is 16.8 Å². The molecule has 0 bridgehead atoms. The third-order valence-corrected chi connectivity index (χ3v) is 4.71. The number of nitrogens with zero attached hydrogens (tertiary/aromatic N) is 2. The first-order valence-corrected chi connectivity index (χ1v) is 8.91. The van der Waals surface area contributed by atoms with Crippen LogP contribution in [0.3, 0.4) is 0 Å². The maximum atomic E-state index is 13.7. The summed E-state index contributed by atoms with van der Waals surface area (Å²) in [6, 6.07) is 3.69. The van der Waals surface area contributed by atoms with Crippen LogP contribution in [0.25, 0.3) is 0 Å². The molecule has 10 heteroatoms. The second kappa shape index (κ2) is 7.70. The van der Waals surface area contributed by atoms with E-state index in [1.807, 2.05) is 0 Å². The summed E-state index contributed by atoms with van der Waals surface area (Å²) >= 11 is 0. The molecule has 1 heterocycles. The number of benzene rings is 1. The van der Waals surface area contributed by atoms with Crippen molar-refractivity contribution in [2.45, 2.75) is 38.3 Å². The highest BCUT2D eigenvalue weighted by molar-refractivity contribution is 7.89. The number of hydrogen-bond acceptors (Lipinski definition) is 7. The molecule has 0 saturated heterocycles. The minimum Gasteiger partial charge on any atom is -0.454 e. The van der Waals surface area contributed by atoms with Crippen LogP contribution in [0.1, 0.15) is 25.6 Å². The van der Waals surface area contributed by atoms with Crippen molar-refractivity contribution in [1.29, 1.82) is 0 Å². The molecule has 0 aliphatic carbocycles. The van der Waals surface area contributed by atoms with Gasteiger partial charge in [0.05, 0.1) is 0 Å². The minimum atomic E-state index is -4.24. The molecule has 0 amide bonds. The van der Waals surface area contributed by atoms with E-state index in [1.54, 1.807) is 20.8 Å². The second-order valence-electron chi connectivity index (χ2n) is 5.60. The lowest BCUT2D eigenvalue weighted by Gasteiger charge is -2.20. The van der Waals surface area contributed by atoms with Gasteiger partial charge in [-0.15, -0.1) is 10.2 Å². The Kier molecular flexibility index (Phi) is 5.85. The number of hydrogen-bond donors (Lipinski definition) is 1. The number of esters is 1. The largest absolute Gasteiger partial charge is 0.454 e. The van der Waals surface area contributed by atoms with Gasteiger partial charge in [-0.25, -0.2) is 12.8 Å². The number of aromatic nitrogens is 2. The summed E-state index contributed by atoms with van der Waals surface area (Å²) in [6.07, 6.45) is 0. The van der Waals surface area contributed by atoms with Crippen LogP contribution in [0, 0.1) is 18.7 Å². The van der Waals surface area contributed by atoms with Gasteiger partial charge in [-0.3, -0.25) is 4.79 Å². The molecular weight excluding hydrogens is 353 g/mol. The highest BCUT2D eigenvalue weighted by atomic mass is 32.2. The molecule has 1 aromatic carbocycles. The molecule has 2 aromatic rings. The van der Waals surface area contributed by atoms with E-state index in [9.17, 15) is 17.6 Å². The third kappa shape index (κ3) is 4.83. The number of carbonyl (C=O) groups excluding carboxylic acids is 1. The normalized spacial score (nSPS) is 13.0. The summed E-state index contributed by atoms with van der Waals surface area (Å²) in [4.78, 5) is 11.7. The molecule has 0 aliphatic rings. The molecule has 1 aromatic heterocycles. The second-order valence-corrected chi connectivity index (χ2v) is 7.28. The summed E-state index contributed by atoms with van der Waals surface area (Å²) < 4.78 is 50.7. The predicted molar refractivity (Wildman–Crippen MR) is 84.2 cm³/mol. The number of ether oxygens (including phenoxy) is 1. The number of rotatable bonds is 7. The lowest BCUT2D eigenvalue weighted by atomic mass is 10.1. The standard InChI is InChI=1S/C15H18FN3O5S/c1-9(2)14(15(20)23-8-13-18-17-10(3)24-13)19-25(21,22)12-7-5-4-6-11(12)16/h4-7,9,14,19H,8H2,1-3H3. The number of aryl methyl sites for hydroxylation is 1. The Morgan fingerprint density at radius 1 is 1.32 bits per heavy atom. The van der Waals surface area contributed by atoms with E-state index in [0.717, 1.165) is 12.1 Å². The smallest absolute Gasteiger partial charge is 0.324 e. The van der Waals surface area contributed by atoms with Crippen molar-refractivity contribution in [3.05, 3.63) is 41.9 Å². The fourth-order valence-corrected chi connectivity index (χ4v) is 3.38. The van der Waals surface area contributed by atoms with Crippen molar-refractivity contribution in [3.8, 4) is 0 Å². The van der Waals surface area contributed by atoms with Gasteiger partial charge in [0, 0.05) is 6.92 Å². The fraction of sp³-hybridized carbons (Fsp3) is 0.400. The zero-order valence-electron chi connectivity index (χ0n) is 13.9. The number of nitrogens with one attached hydrogen (secondary N) is 1. The molecule has 0 fully saturated rings. The Morgan fingerprint density at radius 2 is 2.00 bits per heavy atom. The quantitative estimate of drug-likeness (QED) is 0.735. The number of carbonyl (C=O) groups is 1. The highest BCUT2D eigenvalue weighted by Gasteiger charge is 2.31. The molecule has 1 atom stereocenters. The Labute approximate surface area is 144 Å².